The Labute approximate surface area is 140 Å². The molecular formula is C20H29NO2. The highest BCUT2D eigenvalue weighted by atomic mass is 16.5. The zero-order valence-electron chi connectivity index (χ0n) is 14.2. The van der Waals surface area contributed by atoms with Gasteiger partial charge in [0.25, 0.3) is 0 Å². The van der Waals surface area contributed by atoms with Crippen LogP contribution in [0.4, 0.5) is 0 Å². The van der Waals surface area contributed by atoms with Crippen LogP contribution in [0.5, 0.6) is 0 Å². The first-order valence-corrected chi connectivity index (χ1v) is 9.14. The minimum Gasteiger partial charge on any atom is -0.378 e. The number of carbonyl (C=O) groups is 1. The zero-order valence-corrected chi connectivity index (χ0v) is 14.2. The second-order valence-electron chi connectivity index (χ2n) is 7.15. The van der Waals surface area contributed by atoms with E-state index in [-0.39, 0.29) is 5.91 Å². The summed E-state index contributed by atoms with van der Waals surface area (Å²) in [6.07, 6.45) is 8.12. The summed E-state index contributed by atoms with van der Waals surface area (Å²) in [7, 11) is 1.94. The van der Waals surface area contributed by atoms with Crippen LogP contribution < -0.4 is 0 Å². The van der Waals surface area contributed by atoms with Gasteiger partial charge in [-0.2, -0.15) is 0 Å². The van der Waals surface area contributed by atoms with Crippen molar-refractivity contribution in [1.82, 2.24) is 4.90 Å². The Morgan fingerprint density at radius 2 is 2.00 bits per heavy atom. The molecule has 1 amide bonds. The van der Waals surface area contributed by atoms with Crippen molar-refractivity contribution in [1.29, 1.82) is 0 Å². The first-order valence-electron chi connectivity index (χ1n) is 9.14. The molecular weight excluding hydrogens is 286 g/mol. The van der Waals surface area contributed by atoms with Crippen molar-refractivity contribution < 1.29 is 9.53 Å². The maximum Gasteiger partial charge on any atom is 0.222 e. The number of hydrogen-bond donors (Lipinski definition) is 0. The molecule has 0 aromatic heterocycles. The van der Waals surface area contributed by atoms with Crippen molar-refractivity contribution in [2.75, 3.05) is 20.2 Å². The van der Waals surface area contributed by atoms with Crippen LogP contribution >= 0.6 is 0 Å². The van der Waals surface area contributed by atoms with Gasteiger partial charge in [-0.3, -0.25) is 4.79 Å². The molecule has 1 saturated carbocycles. The smallest absolute Gasteiger partial charge is 0.222 e. The average Bonchev–Trinajstić information content (AvgIpc) is 3.44. The summed E-state index contributed by atoms with van der Waals surface area (Å²) in [5.41, 5.74) is 1.33. The molecule has 3 rings (SSSR count). The summed E-state index contributed by atoms with van der Waals surface area (Å²) in [4.78, 5) is 14.5. The van der Waals surface area contributed by atoms with Crippen molar-refractivity contribution in [2.24, 2.45) is 5.92 Å². The minimum absolute atomic E-state index is 0.279. The predicted molar refractivity (Wildman–Crippen MR) is 92.4 cm³/mol. The van der Waals surface area contributed by atoms with Crippen LogP contribution in [0.2, 0.25) is 0 Å². The Kier molecular flexibility index (Phi) is 5.71. The summed E-state index contributed by atoms with van der Waals surface area (Å²) in [5, 5.41) is 0. The number of carbonyl (C=O) groups excluding carboxylic acids is 1. The molecule has 1 heterocycles. The molecule has 2 aliphatic rings. The molecule has 2 unspecified atom stereocenters. The van der Waals surface area contributed by atoms with Gasteiger partial charge in [0.15, 0.2) is 0 Å². The van der Waals surface area contributed by atoms with E-state index in [9.17, 15) is 4.79 Å². The van der Waals surface area contributed by atoms with Crippen molar-refractivity contribution in [3.05, 3.63) is 35.9 Å². The lowest BCUT2D eigenvalue weighted by Crippen LogP contribution is -2.32. The number of ether oxygens (including phenoxy) is 1. The van der Waals surface area contributed by atoms with Gasteiger partial charge in [-0.05, 0) is 55.9 Å². The summed E-state index contributed by atoms with van der Waals surface area (Å²) in [6.45, 7) is 1.70. The van der Waals surface area contributed by atoms with Gasteiger partial charge in [-0.15, -0.1) is 0 Å². The van der Waals surface area contributed by atoms with Gasteiger partial charge in [0.05, 0.1) is 6.10 Å². The number of rotatable bonds is 7. The molecule has 1 aliphatic carbocycles. The van der Waals surface area contributed by atoms with E-state index in [1.54, 1.807) is 0 Å². The quantitative estimate of drug-likeness (QED) is 0.761. The lowest BCUT2D eigenvalue weighted by molar-refractivity contribution is -0.130. The third kappa shape index (κ3) is 4.81. The molecule has 0 bridgehead atoms. The monoisotopic (exact) mass is 315 g/mol. The Morgan fingerprint density at radius 3 is 2.65 bits per heavy atom. The van der Waals surface area contributed by atoms with Gasteiger partial charge in [0, 0.05) is 26.6 Å². The highest BCUT2D eigenvalue weighted by Crippen LogP contribution is 2.44. The molecule has 2 fully saturated rings. The van der Waals surface area contributed by atoms with Gasteiger partial charge < -0.3 is 9.64 Å². The highest BCUT2D eigenvalue weighted by molar-refractivity contribution is 5.77. The molecule has 23 heavy (non-hydrogen) atoms. The summed E-state index contributed by atoms with van der Waals surface area (Å²) < 4.78 is 5.77. The van der Waals surface area contributed by atoms with Crippen LogP contribution in [0.25, 0.3) is 0 Å². The second kappa shape index (κ2) is 7.96. The molecule has 0 radical (unpaired) electrons. The molecule has 2 atom stereocenters. The molecule has 1 aliphatic heterocycles. The standard InChI is InChI=1S/C20H29NO2/c1-21(13-12-18-9-5-6-14-23-18)20(22)15-19(17-10-11-17)16-7-3-2-4-8-16/h2-4,7-8,17-19H,5-6,9-15H2,1H3. The fourth-order valence-electron chi connectivity index (χ4n) is 3.60. The van der Waals surface area contributed by atoms with Crippen molar-refractivity contribution in [3.8, 4) is 0 Å². The average molecular weight is 315 g/mol. The SMILES string of the molecule is CN(CCC1CCCCO1)C(=O)CC(c1ccccc1)C1CC1. The number of nitrogens with zero attached hydrogens (tertiary/aromatic N) is 1. The molecule has 0 N–H and O–H groups in total. The third-order valence-corrected chi connectivity index (χ3v) is 5.30. The lowest BCUT2D eigenvalue weighted by atomic mass is 9.90. The molecule has 1 aromatic carbocycles. The predicted octanol–water partition coefficient (Wildman–Crippen LogP) is 3.99. The molecule has 1 saturated heterocycles. The molecule has 126 valence electrons. The van der Waals surface area contributed by atoms with Crippen molar-refractivity contribution >= 4 is 5.91 Å². The van der Waals surface area contributed by atoms with E-state index in [2.05, 4.69) is 24.3 Å². The van der Waals surface area contributed by atoms with Crippen molar-refractivity contribution in [2.45, 2.75) is 57.0 Å². The maximum atomic E-state index is 12.6. The van der Waals surface area contributed by atoms with E-state index in [4.69, 9.17) is 4.74 Å². The first-order chi connectivity index (χ1) is 11.2. The Bertz CT molecular complexity index is 492. The zero-order chi connectivity index (χ0) is 16.1. The Hall–Kier alpha value is -1.35. The largest absolute Gasteiger partial charge is 0.378 e. The molecule has 0 spiro atoms. The van der Waals surface area contributed by atoms with Crippen LogP contribution in [-0.4, -0.2) is 37.1 Å². The number of benzene rings is 1. The van der Waals surface area contributed by atoms with E-state index in [0.717, 1.165) is 26.0 Å². The van der Waals surface area contributed by atoms with Crippen LogP contribution in [-0.2, 0) is 9.53 Å². The Morgan fingerprint density at radius 1 is 1.22 bits per heavy atom. The number of hydrogen-bond acceptors (Lipinski definition) is 2. The topological polar surface area (TPSA) is 29.5 Å². The van der Waals surface area contributed by atoms with Gasteiger partial charge in [-0.25, -0.2) is 0 Å². The van der Waals surface area contributed by atoms with Crippen LogP contribution in [0, 0.1) is 5.92 Å². The minimum atomic E-state index is 0.279. The summed E-state index contributed by atoms with van der Waals surface area (Å²) in [5.74, 6) is 1.38. The van der Waals surface area contributed by atoms with Gasteiger partial charge in [-0.1, -0.05) is 30.3 Å². The van der Waals surface area contributed by atoms with Crippen LogP contribution in [0.15, 0.2) is 30.3 Å². The van der Waals surface area contributed by atoms with Crippen LogP contribution in [0.1, 0.15) is 56.4 Å². The summed E-state index contributed by atoms with van der Waals surface area (Å²) >= 11 is 0. The fourth-order valence-corrected chi connectivity index (χ4v) is 3.60. The lowest BCUT2D eigenvalue weighted by Gasteiger charge is -2.26. The van der Waals surface area contributed by atoms with Gasteiger partial charge in [0.1, 0.15) is 0 Å². The second-order valence-corrected chi connectivity index (χ2v) is 7.15. The van der Waals surface area contributed by atoms with Crippen molar-refractivity contribution in [3.63, 3.8) is 0 Å². The fraction of sp³-hybridized carbons (Fsp3) is 0.650. The van der Waals surface area contributed by atoms with E-state index in [0.29, 0.717) is 24.4 Å². The Balaban J connectivity index is 1.50. The van der Waals surface area contributed by atoms with Crippen LogP contribution in [0.3, 0.4) is 0 Å². The van der Waals surface area contributed by atoms with E-state index in [1.807, 2.05) is 18.0 Å². The first kappa shape index (κ1) is 16.5. The van der Waals surface area contributed by atoms with E-state index >= 15 is 0 Å². The van der Waals surface area contributed by atoms with Gasteiger partial charge in [0.2, 0.25) is 5.91 Å². The summed E-state index contributed by atoms with van der Waals surface area (Å²) in [6, 6.07) is 10.6. The normalized spacial score (nSPS) is 22.6. The molecule has 3 nitrogen and oxygen atoms in total. The van der Waals surface area contributed by atoms with Gasteiger partial charge >= 0.3 is 0 Å². The maximum absolute atomic E-state index is 12.6. The highest BCUT2D eigenvalue weighted by Gasteiger charge is 2.34. The molecule has 3 heteroatoms. The van der Waals surface area contributed by atoms with E-state index < -0.39 is 0 Å². The molecule has 1 aromatic rings. The number of amides is 1. The third-order valence-electron chi connectivity index (χ3n) is 5.30. The van der Waals surface area contributed by atoms with E-state index in [1.165, 1.54) is 31.2 Å².